The molecule has 0 bridgehead atoms. The summed E-state index contributed by atoms with van der Waals surface area (Å²) in [6.45, 7) is 1.57. The van der Waals surface area contributed by atoms with Crippen LogP contribution in [0.2, 0.25) is 10.0 Å². The lowest BCUT2D eigenvalue weighted by molar-refractivity contribution is -0.125. The van der Waals surface area contributed by atoms with Crippen LogP contribution in [0, 0.1) is 0 Å². The van der Waals surface area contributed by atoms with Crippen LogP contribution in [0.1, 0.15) is 51.1 Å². The molecule has 0 radical (unpaired) electrons. The molecule has 1 heterocycles. The molecule has 4 aromatic carbocycles. The second kappa shape index (κ2) is 19.1. The number of amides is 3. The Morgan fingerprint density at radius 2 is 1.19 bits per heavy atom. The van der Waals surface area contributed by atoms with Gasteiger partial charge in [0.15, 0.2) is 23.0 Å². The van der Waals surface area contributed by atoms with Crippen molar-refractivity contribution in [2.45, 2.75) is 30.2 Å². The molecule has 0 saturated carbocycles. The minimum atomic E-state index is -1.24. The number of benzene rings is 4. The highest BCUT2D eigenvalue weighted by Crippen LogP contribution is 2.43. The molecule has 316 valence electrons. The molecule has 0 aromatic heterocycles. The normalized spacial score (nSPS) is 14.7. The number of piperidine rings is 1. The first kappa shape index (κ1) is 44.7. The molecule has 1 aliphatic heterocycles. The maximum Gasteiger partial charge on any atom is 0.254 e. The van der Waals surface area contributed by atoms with E-state index in [1.807, 2.05) is 36.4 Å². The summed E-state index contributed by atoms with van der Waals surface area (Å²) in [4.78, 5) is 47.9. The molecule has 59 heavy (non-hydrogen) atoms. The Morgan fingerprint density at radius 3 is 1.63 bits per heavy atom. The summed E-state index contributed by atoms with van der Waals surface area (Å²) in [5.41, 5.74) is 6.06. The molecule has 1 fully saturated rings. The quantitative estimate of drug-likeness (QED) is 0.122. The Labute approximate surface area is 355 Å². The molecule has 3 amide bonds. The van der Waals surface area contributed by atoms with E-state index in [0.717, 1.165) is 5.56 Å². The topological polar surface area (TPSA) is 142 Å². The van der Waals surface area contributed by atoms with Crippen LogP contribution in [0.15, 0.2) is 72.8 Å². The Kier molecular flexibility index (Phi) is 14.5. The smallest absolute Gasteiger partial charge is 0.254 e. The molecule has 13 nitrogen and oxygen atoms in total. The van der Waals surface area contributed by atoms with Gasteiger partial charge in [0.1, 0.15) is 0 Å². The first-order valence-electron chi connectivity index (χ1n) is 18.9. The Hall–Kier alpha value is -5.37. The molecule has 5 rings (SSSR count). The molecular weight excluding hydrogens is 799 g/mol. The van der Waals surface area contributed by atoms with Gasteiger partial charge in [0.05, 0.1) is 63.7 Å². The van der Waals surface area contributed by atoms with Crippen molar-refractivity contribution in [3.05, 3.63) is 105 Å². The average Bonchev–Trinajstić information content (AvgIpc) is 3.26. The van der Waals surface area contributed by atoms with Crippen LogP contribution < -0.4 is 34.2 Å². The molecule has 0 spiro atoms. The third-order valence-corrected chi connectivity index (χ3v) is 12.2. The predicted molar refractivity (Wildman–Crippen MR) is 227 cm³/mol. The number of carbonyl (C=O) groups is 3. The van der Waals surface area contributed by atoms with Gasteiger partial charge in [-0.1, -0.05) is 59.6 Å². The van der Waals surface area contributed by atoms with Gasteiger partial charge in [0.2, 0.25) is 17.4 Å². The number of methoxy groups -OCH3 is 6. The fourth-order valence-corrected chi connectivity index (χ4v) is 8.28. The number of primary amides is 1. The van der Waals surface area contributed by atoms with Gasteiger partial charge < -0.3 is 48.9 Å². The second-order valence-corrected chi connectivity index (χ2v) is 15.2. The molecule has 1 aliphatic rings. The maximum absolute atomic E-state index is 15.0. The summed E-state index contributed by atoms with van der Waals surface area (Å²) in [6, 6.07) is 21.2. The van der Waals surface area contributed by atoms with E-state index in [-0.39, 0.29) is 34.5 Å². The number of nitrogens with zero attached hydrogens (tertiary/aromatic N) is 3. The van der Waals surface area contributed by atoms with E-state index < -0.39 is 16.9 Å². The first-order chi connectivity index (χ1) is 28.2. The zero-order valence-corrected chi connectivity index (χ0v) is 36.2. The Balaban J connectivity index is 1.62. The number of nitrogens with two attached hydrogens (primary N) is 1. The molecule has 15 heteroatoms. The molecule has 4 aromatic rings. The van der Waals surface area contributed by atoms with Crippen molar-refractivity contribution >= 4 is 40.9 Å². The van der Waals surface area contributed by atoms with Crippen LogP contribution >= 0.6 is 23.2 Å². The highest BCUT2D eigenvalue weighted by Gasteiger charge is 2.45. The van der Waals surface area contributed by atoms with E-state index in [0.29, 0.717) is 84.0 Å². The summed E-state index contributed by atoms with van der Waals surface area (Å²) in [5.74, 6) is 0.719. The van der Waals surface area contributed by atoms with Crippen molar-refractivity contribution in [3.63, 3.8) is 0 Å². The zero-order chi connectivity index (χ0) is 43.1. The minimum absolute atomic E-state index is 0.00377. The van der Waals surface area contributed by atoms with Gasteiger partial charge in [0.25, 0.3) is 11.8 Å². The lowest BCUT2D eigenvalue weighted by Crippen LogP contribution is -2.56. The van der Waals surface area contributed by atoms with Crippen LogP contribution in [0.4, 0.5) is 0 Å². The van der Waals surface area contributed by atoms with Gasteiger partial charge in [0, 0.05) is 38.3 Å². The van der Waals surface area contributed by atoms with Crippen LogP contribution in [-0.2, 0) is 15.7 Å². The number of ether oxygens (including phenoxy) is 6. The van der Waals surface area contributed by atoms with Gasteiger partial charge >= 0.3 is 0 Å². The van der Waals surface area contributed by atoms with Crippen LogP contribution in [0.25, 0.3) is 0 Å². The SMILES string of the molecule is COc1cc(C(=O)N(C)CC(CCN2CCC(C(N)=O)(c3ccccc3)CC2)(c2ccc(Cl)c(Cl)c2)N(C)C(=O)c2cc(OC)c(OC)c(OC)c2)cc(OC)c1OC. The zero-order valence-electron chi connectivity index (χ0n) is 34.7. The van der Waals surface area contributed by atoms with Crippen LogP contribution in [-0.4, -0.2) is 115 Å². The first-order valence-corrected chi connectivity index (χ1v) is 19.7. The fourth-order valence-electron chi connectivity index (χ4n) is 7.99. The summed E-state index contributed by atoms with van der Waals surface area (Å²) in [7, 11) is 12.2. The lowest BCUT2D eigenvalue weighted by atomic mass is 9.72. The second-order valence-electron chi connectivity index (χ2n) is 14.4. The van der Waals surface area contributed by atoms with E-state index in [9.17, 15) is 14.4 Å². The largest absolute Gasteiger partial charge is 0.493 e. The fraction of sp³-hybridized carbons (Fsp3) is 0.386. The number of hydrogen-bond acceptors (Lipinski definition) is 10. The van der Waals surface area contributed by atoms with E-state index in [4.69, 9.17) is 57.4 Å². The number of likely N-dealkylation sites (tertiary alicyclic amines) is 1. The Bertz CT molecular complexity index is 2100. The highest BCUT2D eigenvalue weighted by atomic mass is 35.5. The summed E-state index contributed by atoms with van der Waals surface area (Å²) < 4.78 is 33.4. The summed E-state index contributed by atoms with van der Waals surface area (Å²) in [5, 5.41) is 0.595. The number of likely N-dealkylation sites (N-methyl/N-ethyl adjacent to an activating group) is 2. The van der Waals surface area contributed by atoms with Crippen molar-refractivity contribution in [3.8, 4) is 34.5 Å². The van der Waals surface area contributed by atoms with Crippen molar-refractivity contribution in [1.82, 2.24) is 14.7 Å². The third-order valence-electron chi connectivity index (χ3n) is 11.4. The van der Waals surface area contributed by atoms with E-state index in [1.54, 1.807) is 60.3 Å². The standard InChI is InChI=1S/C44H52Cl2N4O9/c1-48(40(51)28-22-34(54-3)38(58-7)35(23-28)55-4)27-44(31-14-15-32(45)33(46)26-31,49(2)41(52)29-24-36(56-5)39(59-8)37(25-29)57-6)18-21-50-19-16-43(17-20-50,42(47)53)30-12-10-9-11-13-30/h9-15,22-26H,16-21,27H2,1-8H3,(H2,47,53). The molecular formula is C44H52Cl2N4O9. The number of hydrogen-bond donors (Lipinski definition) is 1. The summed E-state index contributed by atoms with van der Waals surface area (Å²) >= 11 is 13.2. The third kappa shape index (κ3) is 8.97. The van der Waals surface area contributed by atoms with Crippen molar-refractivity contribution in [1.29, 1.82) is 0 Å². The Morgan fingerprint density at radius 1 is 0.695 bits per heavy atom. The molecule has 1 saturated heterocycles. The highest BCUT2D eigenvalue weighted by molar-refractivity contribution is 6.42. The van der Waals surface area contributed by atoms with Crippen LogP contribution in [0.5, 0.6) is 34.5 Å². The number of carbonyl (C=O) groups excluding carboxylic acids is 3. The summed E-state index contributed by atoms with van der Waals surface area (Å²) in [6.07, 6.45) is 1.33. The van der Waals surface area contributed by atoms with Crippen LogP contribution in [0.3, 0.4) is 0 Å². The van der Waals surface area contributed by atoms with Crippen molar-refractivity contribution in [2.24, 2.45) is 5.73 Å². The number of rotatable bonds is 17. The molecule has 1 unspecified atom stereocenters. The van der Waals surface area contributed by atoms with Gasteiger partial charge in [-0.3, -0.25) is 14.4 Å². The van der Waals surface area contributed by atoms with Gasteiger partial charge in [-0.25, -0.2) is 0 Å². The predicted octanol–water partition coefficient (Wildman–Crippen LogP) is 6.69. The molecule has 2 N–H and O–H groups in total. The van der Waals surface area contributed by atoms with E-state index >= 15 is 0 Å². The molecule has 0 aliphatic carbocycles. The van der Waals surface area contributed by atoms with Gasteiger partial charge in [-0.2, -0.15) is 0 Å². The number of halogens is 2. The minimum Gasteiger partial charge on any atom is -0.493 e. The maximum atomic E-state index is 15.0. The average molecular weight is 852 g/mol. The lowest BCUT2D eigenvalue weighted by Gasteiger charge is -2.47. The van der Waals surface area contributed by atoms with E-state index in [2.05, 4.69) is 4.90 Å². The van der Waals surface area contributed by atoms with Gasteiger partial charge in [-0.05, 0) is 79.9 Å². The monoisotopic (exact) mass is 850 g/mol. The van der Waals surface area contributed by atoms with E-state index in [1.165, 1.54) is 42.7 Å². The van der Waals surface area contributed by atoms with Crippen molar-refractivity contribution in [2.75, 3.05) is 82.9 Å². The van der Waals surface area contributed by atoms with Crippen molar-refractivity contribution < 1.29 is 42.8 Å². The molecule has 1 atom stereocenters. The van der Waals surface area contributed by atoms with Gasteiger partial charge in [-0.15, -0.1) is 0 Å².